The molecule has 3 rings (SSSR count). The van der Waals surface area contributed by atoms with E-state index in [1.165, 1.54) is 11.1 Å². The molecule has 0 saturated carbocycles. The average molecular weight is 370 g/mol. The molecule has 0 radical (unpaired) electrons. The number of nitrogens with zero attached hydrogens (tertiary/aromatic N) is 3. The number of nitrogens with one attached hydrogen (secondary N) is 1. The van der Waals surface area contributed by atoms with E-state index in [-0.39, 0.29) is 0 Å². The first-order valence-corrected chi connectivity index (χ1v) is 8.97. The van der Waals surface area contributed by atoms with Crippen LogP contribution in [0.25, 0.3) is 11.7 Å². The van der Waals surface area contributed by atoms with E-state index in [2.05, 4.69) is 48.4 Å². The highest BCUT2D eigenvalue weighted by atomic mass is 32.1. The monoisotopic (exact) mass is 370 g/mol. The van der Waals surface area contributed by atoms with Crippen LogP contribution in [0.4, 0.5) is 5.69 Å². The molecule has 0 aliphatic heterocycles. The first kappa shape index (κ1) is 18.1. The number of furan rings is 1. The molecule has 0 bridgehead atoms. The van der Waals surface area contributed by atoms with Gasteiger partial charge in [-0.2, -0.15) is 0 Å². The zero-order valence-electron chi connectivity index (χ0n) is 15.2. The third kappa shape index (κ3) is 4.29. The molecule has 2 heterocycles. The van der Waals surface area contributed by atoms with Crippen LogP contribution >= 0.6 is 12.2 Å². The summed E-state index contributed by atoms with van der Waals surface area (Å²) in [7, 11) is 0. The summed E-state index contributed by atoms with van der Waals surface area (Å²) in [6.07, 6.45) is 2.53. The lowest BCUT2D eigenvalue weighted by Crippen LogP contribution is -2.35. The van der Waals surface area contributed by atoms with E-state index in [0.29, 0.717) is 29.2 Å². The molecule has 6 nitrogen and oxygen atoms in total. The molecule has 1 aromatic carbocycles. The fourth-order valence-corrected chi connectivity index (χ4v) is 2.80. The lowest BCUT2D eigenvalue weighted by molar-refractivity contribution is 0.357. The first-order valence-electron chi connectivity index (χ1n) is 8.56. The number of thiocarbonyl (C=S) groups is 1. The lowest BCUT2D eigenvalue weighted by Gasteiger charge is -2.24. The van der Waals surface area contributed by atoms with Crippen molar-refractivity contribution in [1.82, 2.24) is 15.1 Å². The van der Waals surface area contributed by atoms with Crippen molar-refractivity contribution in [3.63, 3.8) is 0 Å². The van der Waals surface area contributed by atoms with E-state index in [9.17, 15) is 0 Å². The van der Waals surface area contributed by atoms with Crippen molar-refractivity contribution in [3.8, 4) is 11.7 Å². The highest BCUT2D eigenvalue weighted by molar-refractivity contribution is 7.80. The second-order valence-corrected chi connectivity index (χ2v) is 6.52. The molecule has 0 saturated heterocycles. The van der Waals surface area contributed by atoms with Crippen LogP contribution in [-0.4, -0.2) is 26.8 Å². The molecule has 0 spiro atoms. The van der Waals surface area contributed by atoms with Gasteiger partial charge in [-0.25, -0.2) is 0 Å². The number of hydrogen-bond acceptors (Lipinski definition) is 5. The molecule has 1 N–H and O–H groups in total. The van der Waals surface area contributed by atoms with E-state index < -0.39 is 0 Å². The second kappa shape index (κ2) is 8.14. The highest BCUT2D eigenvalue weighted by Gasteiger charge is 2.16. The normalized spacial score (nSPS) is 10.7. The molecule has 0 atom stereocenters. The van der Waals surface area contributed by atoms with Crippen LogP contribution in [0.1, 0.15) is 30.4 Å². The topological polar surface area (TPSA) is 67.3 Å². The van der Waals surface area contributed by atoms with Crippen molar-refractivity contribution in [1.29, 1.82) is 0 Å². The highest BCUT2D eigenvalue weighted by Crippen LogP contribution is 2.19. The van der Waals surface area contributed by atoms with Crippen molar-refractivity contribution < 1.29 is 8.83 Å². The number of rotatable bonds is 6. The van der Waals surface area contributed by atoms with Crippen LogP contribution in [0, 0.1) is 13.8 Å². The minimum Gasteiger partial charge on any atom is -0.459 e. The van der Waals surface area contributed by atoms with E-state index >= 15 is 0 Å². The molecule has 26 heavy (non-hydrogen) atoms. The maximum absolute atomic E-state index is 5.70. The Balaban J connectivity index is 1.70. The van der Waals surface area contributed by atoms with Crippen LogP contribution < -0.4 is 5.32 Å². The molecule has 0 aliphatic rings. The molecule has 2 aromatic heterocycles. The van der Waals surface area contributed by atoms with Crippen LogP contribution in [0.3, 0.4) is 0 Å². The zero-order valence-corrected chi connectivity index (χ0v) is 16.0. The van der Waals surface area contributed by atoms with Crippen LogP contribution in [0.2, 0.25) is 0 Å². The van der Waals surface area contributed by atoms with Gasteiger partial charge in [0, 0.05) is 12.2 Å². The Morgan fingerprint density at radius 2 is 2.04 bits per heavy atom. The number of anilines is 1. The van der Waals surface area contributed by atoms with Gasteiger partial charge in [-0.15, -0.1) is 10.2 Å². The van der Waals surface area contributed by atoms with E-state index in [1.807, 2.05) is 11.0 Å². The Hall–Kier alpha value is -2.67. The Morgan fingerprint density at radius 3 is 2.73 bits per heavy atom. The summed E-state index contributed by atoms with van der Waals surface area (Å²) >= 11 is 5.59. The minimum absolute atomic E-state index is 0.370. The smallest absolute Gasteiger partial charge is 0.283 e. The molecular formula is C19H22N4O2S. The standard InChI is InChI=1S/C19H22N4O2S/c1-4-9-23(19(26)20-15-8-7-13(2)14(3)11-15)12-17-21-22-18(25-17)16-6-5-10-24-16/h5-8,10-11H,4,9,12H2,1-3H3,(H,20,26). The summed E-state index contributed by atoms with van der Waals surface area (Å²) in [6.45, 7) is 7.51. The van der Waals surface area contributed by atoms with Gasteiger partial charge in [0.25, 0.3) is 5.89 Å². The molecule has 0 amide bonds. The van der Waals surface area contributed by atoms with Gasteiger partial charge in [-0.05, 0) is 67.9 Å². The Kier molecular flexibility index (Phi) is 5.68. The molecule has 0 aliphatic carbocycles. The summed E-state index contributed by atoms with van der Waals surface area (Å²) < 4.78 is 11.0. The number of hydrogen-bond donors (Lipinski definition) is 1. The Labute approximate surface area is 158 Å². The fraction of sp³-hybridized carbons (Fsp3) is 0.316. The summed E-state index contributed by atoms with van der Waals surface area (Å²) in [5.41, 5.74) is 3.45. The quantitative estimate of drug-likeness (QED) is 0.638. The van der Waals surface area contributed by atoms with Crippen molar-refractivity contribution >= 4 is 23.0 Å². The molecular weight excluding hydrogens is 348 g/mol. The second-order valence-electron chi connectivity index (χ2n) is 6.13. The Bertz CT molecular complexity index is 874. The number of aromatic nitrogens is 2. The van der Waals surface area contributed by atoms with Crippen LogP contribution in [0.15, 0.2) is 45.4 Å². The van der Waals surface area contributed by atoms with Gasteiger partial charge in [0.2, 0.25) is 5.89 Å². The van der Waals surface area contributed by atoms with Gasteiger partial charge in [0.05, 0.1) is 12.8 Å². The molecule has 3 aromatic rings. The van der Waals surface area contributed by atoms with Crippen molar-refractivity contribution in [2.75, 3.05) is 11.9 Å². The van der Waals surface area contributed by atoms with Crippen LogP contribution in [-0.2, 0) is 6.54 Å². The minimum atomic E-state index is 0.370. The summed E-state index contributed by atoms with van der Waals surface area (Å²) in [5, 5.41) is 12.1. The first-order chi connectivity index (χ1) is 12.6. The van der Waals surface area contributed by atoms with Crippen molar-refractivity contribution in [3.05, 3.63) is 53.6 Å². The summed E-state index contributed by atoms with van der Waals surface area (Å²) in [6, 6.07) is 9.77. The molecule has 136 valence electrons. The third-order valence-electron chi connectivity index (χ3n) is 4.06. The summed E-state index contributed by atoms with van der Waals surface area (Å²) in [5.74, 6) is 1.42. The van der Waals surface area contributed by atoms with Gasteiger partial charge < -0.3 is 19.1 Å². The summed E-state index contributed by atoms with van der Waals surface area (Å²) in [4.78, 5) is 2.02. The van der Waals surface area contributed by atoms with Gasteiger partial charge >= 0.3 is 0 Å². The van der Waals surface area contributed by atoms with Gasteiger partial charge in [0.15, 0.2) is 10.9 Å². The largest absolute Gasteiger partial charge is 0.459 e. The number of benzene rings is 1. The number of aryl methyl sites for hydroxylation is 2. The predicted molar refractivity (Wildman–Crippen MR) is 105 cm³/mol. The third-order valence-corrected chi connectivity index (χ3v) is 4.42. The van der Waals surface area contributed by atoms with E-state index in [1.54, 1.807) is 18.4 Å². The lowest BCUT2D eigenvalue weighted by atomic mass is 10.1. The zero-order chi connectivity index (χ0) is 18.5. The maximum Gasteiger partial charge on any atom is 0.283 e. The predicted octanol–water partition coefficient (Wildman–Crippen LogP) is 4.56. The van der Waals surface area contributed by atoms with E-state index in [0.717, 1.165) is 18.7 Å². The maximum atomic E-state index is 5.70. The van der Waals surface area contributed by atoms with Gasteiger partial charge in [-0.1, -0.05) is 13.0 Å². The fourth-order valence-electron chi connectivity index (χ4n) is 2.52. The van der Waals surface area contributed by atoms with E-state index in [4.69, 9.17) is 21.1 Å². The van der Waals surface area contributed by atoms with Crippen LogP contribution in [0.5, 0.6) is 0 Å². The molecule has 0 fully saturated rings. The van der Waals surface area contributed by atoms with Crippen molar-refractivity contribution in [2.45, 2.75) is 33.7 Å². The van der Waals surface area contributed by atoms with Gasteiger partial charge in [0.1, 0.15) is 0 Å². The SMILES string of the molecule is CCCN(Cc1nnc(-c2ccco2)o1)C(=S)Nc1ccc(C)c(C)c1. The molecule has 0 unspecified atom stereocenters. The average Bonchev–Trinajstić information content (AvgIpc) is 3.29. The Morgan fingerprint density at radius 1 is 1.19 bits per heavy atom. The van der Waals surface area contributed by atoms with Crippen molar-refractivity contribution in [2.24, 2.45) is 0 Å². The van der Waals surface area contributed by atoms with Gasteiger partial charge in [-0.3, -0.25) is 0 Å². The molecule has 7 heteroatoms.